The highest BCUT2D eigenvalue weighted by molar-refractivity contribution is 6.09. The summed E-state index contributed by atoms with van der Waals surface area (Å²) in [6.07, 6.45) is 1.15. The smallest absolute Gasteiger partial charge is 0.418 e. The van der Waals surface area contributed by atoms with E-state index in [1.165, 1.54) is 11.7 Å². The zero-order valence-electron chi connectivity index (χ0n) is 11.9. The molecule has 22 heavy (non-hydrogen) atoms. The van der Waals surface area contributed by atoms with Crippen LogP contribution in [0.2, 0.25) is 0 Å². The van der Waals surface area contributed by atoms with Crippen LogP contribution < -0.4 is 5.32 Å². The normalized spacial score (nSPS) is 10.4. The van der Waals surface area contributed by atoms with Crippen LogP contribution in [0.25, 0.3) is 10.9 Å². The highest BCUT2D eigenvalue weighted by atomic mass is 16.5. The number of carbonyl (C=O) groups is 2. The minimum Gasteiger partial charge on any atom is -0.452 e. The molecule has 0 fully saturated rings. The molecule has 0 atom stereocenters. The zero-order chi connectivity index (χ0) is 15.5. The molecule has 5 heteroatoms. The number of nitrogens with zero attached hydrogens (tertiary/aromatic N) is 1. The molecule has 0 bridgehead atoms. The molecule has 5 nitrogen and oxygen atoms in total. The summed E-state index contributed by atoms with van der Waals surface area (Å²) >= 11 is 0. The third-order valence-corrected chi connectivity index (χ3v) is 3.39. The maximum atomic E-state index is 12.2. The van der Waals surface area contributed by atoms with Gasteiger partial charge in [-0.1, -0.05) is 24.3 Å². The Kier molecular flexibility index (Phi) is 3.62. The first-order valence-corrected chi connectivity index (χ1v) is 6.75. The number of carbonyl (C=O) groups excluding carboxylic acids is 2. The van der Waals surface area contributed by atoms with Crippen LogP contribution in [-0.4, -0.2) is 23.7 Å². The van der Waals surface area contributed by atoms with Gasteiger partial charge in [0.15, 0.2) is 0 Å². The van der Waals surface area contributed by atoms with Gasteiger partial charge in [-0.05, 0) is 30.3 Å². The fourth-order valence-electron chi connectivity index (χ4n) is 2.32. The number of hydrogen-bond donors (Lipinski definition) is 1. The van der Waals surface area contributed by atoms with Crippen LogP contribution in [0.5, 0.6) is 0 Å². The molecule has 1 N–H and O–H groups in total. The molecule has 1 aromatic heterocycles. The maximum absolute atomic E-state index is 12.2. The molecular weight excluding hydrogens is 280 g/mol. The van der Waals surface area contributed by atoms with Crippen molar-refractivity contribution in [1.82, 2.24) is 4.57 Å². The van der Waals surface area contributed by atoms with Crippen LogP contribution in [-0.2, 0) is 4.74 Å². The topological polar surface area (TPSA) is 60.3 Å². The Morgan fingerprint density at radius 3 is 2.50 bits per heavy atom. The van der Waals surface area contributed by atoms with E-state index in [0.717, 1.165) is 5.39 Å². The Morgan fingerprint density at radius 1 is 1.00 bits per heavy atom. The molecule has 1 heterocycles. The van der Waals surface area contributed by atoms with Gasteiger partial charge in [0.2, 0.25) is 0 Å². The first-order chi connectivity index (χ1) is 10.7. The number of hydrogen-bond acceptors (Lipinski definition) is 3. The molecule has 0 spiro atoms. The molecule has 0 aliphatic rings. The molecule has 110 valence electrons. The van der Waals surface area contributed by atoms with Gasteiger partial charge >= 0.3 is 6.09 Å². The number of ether oxygens (including phenoxy) is 1. The molecule has 2 aromatic carbocycles. The minimum atomic E-state index is -0.471. The summed E-state index contributed by atoms with van der Waals surface area (Å²) in [5.41, 5.74) is 1.90. The highest BCUT2D eigenvalue weighted by Gasteiger charge is 2.13. The van der Waals surface area contributed by atoms with Gasteiger partial charge in [0.05, 0.1) is 18.3 Å². The second kappa shape index (κ2) is 5.73. The third-order valence-electron chi connectivity index (χ3n) is 3.39. The molecule has 0 saturated carbocycles. The van der Waals surface area contributed by atoms with Crippen molar-refractivity contribution in [2.24, 2.45) is 0 Å². The molecule has 1 amide bonds. The second-order valence-corrected chi connectivity index (χ2v) is 4.71. The Hall–Kier alpha value is -3.08. The summed E-state index contributed by atoms with van der Waals surface area (Å²) in [5.74, 6) is -0.195. The number of methoxy groups -OCH3 is 1. The van der Waals surface area contributed by atoms with Crippen molar-refractivity contribution in [3.8, 4) is 0 Å². The number of anilines is 1. The fourth-order valence-corrected chi connectivity index (χ4v) is 2.32. The predicted octanol–water partition coefficient (Wildman–Crippen LogP) is 3.51. The number of aromatic nitrogens is 1. The molecule has 0 radical (unpaired) electrons. The number of rotatable bonds is 2. The average molecular weight is 294 g/mol. The van der Waals surface area contributed by atoms with Gasteiger partial charge in [-0.15, -0.1) is 0 Å². The van der Waals surface area contributed by atoms with Crippen molar-refractivity contribution >= 4 is 28.6 Å². The summed E-state index contributed by atoms with van der Waals surface area (Å²) in [7, 11) is 1.33. The lowest BCUT2D eigenvalue weighted by molar-refractivity contribution is 0.102. The van der Waals surface area contributed by atoms with Crippen LogP contribution in [0.4, 0.5) is 10.5 Å². The maximum Gasteiger partial charge on any atom is 0.418 e. The van der Waals surface area contributed by atoms with Crippen LogP contribution in [0.3, 0.4) is 0 Å². The Morgan fingerprint density at radius 2 is 1.77 bits per heavy atom. The van der Waals surface area contributed by atoms with E-state index in [9.17, 15) is 9.59 Å². The summed E-state index contributed by atoms with van der Waals surface area (Å²) in [6.45, 7) is 0. The molecule has 0 aliphatic carbocycles. The van der Waals surface area contributed by atoms with E-state index < -0.39 is 6.09 Å². The predicted molar refractivity (Wildman–Crippen MR) is 84.1 cm³/mol. The van der Waals surface area contributed by atoms with Crippen LogP contribution in [0.15, 0.2) is 60.8 Å². The largest absolute Gasteiger partial charge is 0.452 e. The molecule has 0 unspecified atom stereocenters. The van der Waals surface area contributed by atoms with E-state index in [0.29, 0.717) is 16.8 Å². The molecule has 3 aromatic rings. The molecule has 3 rings (SSSR count). The first kappa shape index (κ1) is 13.9. The zero-order valence-corrected chi connectivity index (χ0v) is 11.9. The van der Waals surface area contributed by atoms with Gasteiger partial charge < -0.3 is 10.1 Å². The van der Waals surface area contributed by atoms with E-state index in [1.807, 2.05) is 18.2 Å². The van der Waals surface area contributed by atoms with Gasteiger partial charge in [0.25, 0.3) is 5.91 Å². The summed E-state index contributed by atoms with van der Waals surface area (Å²) in [5, 5.41) is 3.64. The summed E-state index contributed by atoms with van der Waals surface area (Å²) < 4.78 is 6.13. The lowest BCUT2D eigenvalue weighted by Gasteiger charge is -2.07. The Balaban J connectivity index is 1.97. The van der Waals surface area contributed by atoms with Gasteiger partial charge in [-0.3, -0.25) is 9.36 Å². The minimum absolute atomic E-state index is 0.195. The first-order valence-electron chi connectivity index (χ1n) is 6.75. The Labute approximate surface area is 127 Å². The van der Waals surface area contributed by atoms with Crippen LogP contribution in [0.1, 0.15) is 10.4 Å². The highest BCUT2D eigenvalue weighted by Crippen LogP contribution is 2.25. The SMILES string of the molecule is COC(=O)n1ccc2c(NC(=O)c3ccccc3)cccc21. The number of nitrogens with one attached hydrogen (secondary N) is 1. The van der Waals surface area contributed by atoms with E-state index in [4.69, 9.17) is 4.74 Å². The summed E-state index contributed by atoms with van der Waals surface area (Å²) in [6, 6.07) is 16.1. The van der Waals surface area contributed by atoms with Crippen molar-refractivity contribution in [3.63, 3.8) is 0 Å². The van der Waals surface area contributed by atoms with Crippen molar-refractivity contribution in [2.45, 2.75) is 0 Å². The van der Waals surface area contributed by atoms with Crippen LogP contribution >= 0.6 is 0 Å². The van der Waals surface area contributed by atoms with Crippen molar-refractivity contribution < 1.29 is 14.3 Å². The average Bonchev–Trinajstić information content (AvgIpc) is 3.00. The lowest BCUT2D eigenvalue weighted by atomic mass is 10.2. The van der Waals surface area contributed by atoms with Gasteiger partial charge in [0, 0.05) is 17.1 Å². The van der Waals surface area contributed by atoms with Gasteiger partial charge in [-0.2, -0.15) is 0 Å². The van der Waals surface area contributed by atoms with E-state index in [1.54, 1.807) is 42.6 Å². The molecule has 0 aliphatic heterocycles. The number of fused-ring (bicyclic) bond motifs is 1. The third kappa shape index (κ3) is 2.44. The quantitative estimate of drug-likeness (QED) is 0.786. The van der Waals surface area contributed by atoms with E-state index in [2.05, 4.69) is 5.32 Å². The standard InChI is InChI=1S/C17H14N2O3/c1-22-17(21)19-11-10-13-14(8-5-9-15(13)19)18-16(20)12-6-3-2-4-7-12/h2-11H,1H3,(H,18,20). The molecule has 0 saturated heterocycles. The van der Waals surface area contributed by atoms with E-state index >= 15 is 0 Å². The molecular formula is C17H14N2O3. The fraction of sp³-hybridized carbons (Fsp3) is 0.0588. The summed E-state index contributed by atoms with van der Waals surface area (Å²) in [4.78, 5) is 23.9. The van der Waals surface area contributed by atoms with Crippen molar-refractivity contribution in [1.29, 1.82) is 0 Å². The van der Waals surface area contributed by atoms with Gasteiger partial charge in [0.1, 0.15) is 0 Å². The number of amides is 1. The van der Waals surface area contributed by atoms with Crippen molar-refractivity contribution in [3.05, 3.63) is 66.4 Å². The second-order valence-electron chi connectivity index (χ2n) is 4.71. The van der Waals surface area contributed by atoms with Crippen molar-refractivity contribution in [2.75, 3.05) is 12.4 Å². The Bertz CT molecular complexity index is 837. The van der Waals surface area contributed by atoms with Crippen LogP contribution in [0, 0.1) is 0 Å². The lowest BCUT2D eigenvalue weighted by Crippen LogP contribution is -2.12. The number of benzene rings is 2. The monoisotopic (exact) mass is 294 g/mol. The van der Waals surface area contributed by atoms with E-state index in [-0.39, 0.29) is 5.91 Å². The van der Waals surface area contributed by atoms with Gasteiger partial charge in [-0.25, -0.2) is 4.79 Å².